The van der Waals surface area contributed by atoms with Gasteiger partial charge in [-0.15, -0.1) is 0 Å². The lowest BCUT2D eigenvalue weighted by Crippen LogP contribution is -2.56. The fourth-order valence-electron chi connectivity index (χ4n) is 14.1. The van der Waals surface area contributed by atoms with Crippen molar-refractivity contribution < 1.29 is 119 Å². The number of likely N-dealkylation sites (N-methyl/N-ethyl adjacent to an activating group) is 4. The second-order valence-electron chi connectivity index (χ2n) is 28.3. The van der Waals surface area contributed by atoms with Crippen molar-refractivity contribution >= 4 is 69.9 Å². The number of piperidine rings is 2. The van der Waals surface area contributed by atoms with Gasteiger partial charge in [-0.1, -0.05) is 13.8 Å². The van der Waals surface area contributed by atoms with Gasteiger partial charge in [-0.25, -0.2) is 28.7 Å². The number of carboxylic acids is 2. The van der Waals surface area contributed by atoms with Crippen molar-refractivity contribution in [2.45, 2.75) is 77.9 Å². The number of nitrogens with zero attached hydrogens (tertiary/aromatic N) is 12. The zero-order chi connectivity index (χ0) is 84.7. The molecule has 12 rings (SSSR count). The van der Waals surface area contributed by atoms with E-state index in [0.717, 1.165) is 122 Å². The number of nitrogens with one attached hydrogen (secondary N) is 4. The van der Waals surface area contributed by atoms with Crippen LogP contribution in [0.1, 0.15) is 71.4 Å². The number of hydrogen-bond acceptors (Lipinski definition) is 18. The van der Waals surface area contributed by atoms with E-state index in [1.54, 1.807) is 34.1 Å². The molecule has 4 aliphatic rings. The Labute approximate surface area is 656 Å². The van der Waals surface area contributed by atoms with E-state index in [1.807, 2.05) is 49.9 Å². The highest BCUT2D eigenvalue weighted by Gasteiger charge is 2.39. The third kappa shape index (κ3) is 21.9. The fraction of sp³-hybridized carbons (Fsp3) is 0.447. The van der Waals surface area contributed by atoms with E-state index >= 15 is 0 Å². The Bertz CT molecular complexity index is 4490. The monoisotopic (exact) mass is 1650 g/mol. The van der Waals surface area contributed by atoms with Gasteiger partial charge in [-0.2, -0.15) is 52.7 Å². The number of carbonyl (C=O) groups is 6. The molecule has 0 bridgehead atoms. The van der Waals surface area contributed by atoms with Crippen molar-refractivity contribution in [3.8, 4) is 34.0 Å². The lowest BCUT2D eigenvalue weighted by atomic mass is 9.93. The number of carboxylic acid groups (broad SMARTS) is 2. The largest absolute Gasteiger partial charge is 0.542 e. The number of quaternary nitrogens is 2. The van der Waals surface area contributed by atoms with Crippen LogP contribution >= 0.6 is 0 Å². The molecule has 8 aromatic rings. The molecule has 0 unspecified atom stereocenters. The summed E-state index contributed by atoms with van der Waals surface area (Å²) in [5, 5.41) is 30.4. The predicted octanol–water partition coefficient (Wildman–Crippen LogP) is 8.48. The Morgan fingerprint density at radius 3 is 1.13 bits per heavy atom. The van der Waals surface area contributed by atoms with Gasteiger partial charge in [0.1, 0.15) is 11.9 Å². The smallest absolute Gasteiger partial charge is 0.430 e. The molecule has 0 atom stereocenters. The summed E-state index contributed by atoms with van der Waals surface area (Å²) in [7, 11) is 8.45. The molecule has 4 amide bonds. The molecule has 0 aliphatic carbocycles. The van der Waals surface area contributed by atoms with E-state index < -0.39 is 72.3 Å². The molecular formula is C76H86F14N16O10. The van der Waals surface area contributed by atoms with E-state index in [9.17, 15) is 80.6 Å². The predicted molar refractivity (Wildman–Crippen MR) is 390 cm³/mol. The van der Waals surface area contributed by atoms with Gasteiger partial charge in [0.25, 0.3) is 11.8 Å². The van der Waals surface area contributed by atoms with Crippen LogP contribution in [0.2, 0.25) is 0 Å². The van der Waals surface area contributed by atoms with Crippen LogP contribution in [0.25, 0.3) is 33.8 Å². The molecular weight excluding hydrogens is 1560 g/mol. The molecule has 116 heavy (non-hydrogen) atoms. The lowest BCUT2D eigenvalue weighted by Gasteiger charge is -2.42. The maximum absolute atomic E-state index is 14.9. The van der Waals surface area contributed by atoms with Crippen molar-refractivity contribution in [2.75, 3.05) is 144 Å². The number of aryl methyl sites for hydroxylation is 2. The molecule has 4 aromatic heterocycles. The number of benzene rings is 4. The first-order valence-corrected chi connectivity index (χ1v) is 36.9. The van der Waals surface area contributed by atoms with E-state index in [-0.39, 0.29) is 58.0 Å². The molecule has 0 spiro atoms. The van der Waals surface area contributed by atoms with E-state index in [0.29, 0.717) is 111 Å². The first-order valence-electron chi connectivity index (χ1n) is 36.9. The van der Waals surface area contributed by atoms with Gasteiger partial charge in [0.15, 0.2) is 46.1 Å². The van der Waals surface area contributed by atoms with Crippen LogP contribution in [-0.2, 0) is 32.0 Å². The van der Waals surface area contributed by atoms with Crippen LogP contribution < -0.4 is 41.0 Å². The van der Waals surface area contributed by atoms with E-state index in [1.165, 1.54) is 46.0 Å². The van der Waals surface area contributed by atoms with E-state index in [4.69, 9.17) is 19.8 Å². The van der Waals surface area contributed by atoms with Gasteiger partial charge in [-0.05, 0) is 98.7 Å². The SMILES string of the molecule is CCc1cc(Nc2nccn3c(-c4ccc(OC(F)F)c(F)c4F)cnc23)ccc1C(=O)N1CCN(C(=O)C2CC[N+](C)(CCNC)CC2)CC1.CCc1cc(Nc2nccn3c(-c4ccc(OC(F)F)c(F)c4F)cnc23)ccc1C(=O)N1CCN(C(=O)C2CC[N+](C)(CCNC)CC2)CC1.O=C([O-])C(F)(F)F.O=C([O-])C(F)(F)F. The third-order valence-corrected chi connectivity index (χ3v) is 20.7. The van der Waals surface area contributed by atoms with Crippen molar-refractivity contribution in [2.24, 2.45) is 11.8 Å². The Morgan fingerprint density at radius 1 is 0.500 bits per heavy atom. The standard InChI is InChI=1S/2C36H42F4N8O3.2C2HF3O2/c2*1-4-23-21-25(44-32-33-43-22-28(47(33)13-11-42-32)27-7-8-29(51-36(39)40)31(38)30(27)37)5-6-26(23)35(50)46-16-14-45(15-17-46)34(49)24-9-18-48(3,19-10-24)20-12-41-2;2*3-2(4,5)1(6)7/h2*5-8,11,13,21-22,24,36,41H,4,9-10,12,14-20H2,1-3H3;2*(H,6,7). The molecule has 4 aromatic carbocycles. The van der Waals surface area contributed by atoms with Crippen molar-refractivity contribution in [1.29, 1.82) is 0 Å². The summed E-state index contributed by atoms with van der Waals surface area (Å²) >= 11 is 0. The quantitative estimate of drug-likeness (QED) is 0.0365. The van der Waals surface area contributed by atoms with Crippen LogP contribution in [0.3, 0.4) is 0 Å². The number of fused-ring (bicyclic) bond motifs is 2. The number of aromatic nitrogens is 6. The summed E-state index contributed by atoms with van der Waals surface area (Å²) in [6.45, 7) is 9.27. The third-order valence-electron chi connectivity index (χ3n) is 20.7. The average Bonchev–Trinajstić information content (AvgIpc) is 1.61. The van der Waals surface area contributed by atoms with Gasteiger partial charge < -0.3 is 79.1 Å². The van der Waals surface area contributed by atoms with Crippen LogP contribution in [0, 0.1) is 35.1 Å². The second kappa shape index (κ2) is 38.6. The van der Waals surface area contributed by atoms with Crippen LogP contribution in [-0.4, -0.2) is 251 Å². The Morgan fingerprint density at radius 2 is 0.828 bits per heavy atom. The minimum absolute atomic E-state index is 0.0413. The lowest BCUT2D eigenvalue weighted by molar-refractivity contribution is -0.913. The van der Waals surface area contributed by atoms with Gasteiger partial charge in [-0.3, -0.25) is 28.0 Å². The fourth-order valence-corrected chi connectivity index (χ4v) is 14.1. The maximum atomic E-state index is 14.9. The molecule has 40 heteroatoms. The zero-order valence-corrected chi connectivity index (χ0v) is 63.8. The Hall–Kier alpha value is -11.0. The number of alkyl halides is 10. The first-order chi connectivity index (χ1) is 54.9. The minimum atomic E-state index is -5.19. The summed E-state index contributed by atoms with van der Waals surface area (Å²) in [4.78, 5) is 96.6. The second-order valence-corrected chi connectivity index (χ2v) is 28.3. The van der Waals surface area contributed by atoms with Crippen molar-refractivity contribution in [1.82, 2.24) is 59.0 Å². The van der Waals surface area contributed by atoms with Crippen molar-refractivity contribution in [3.05, 3.63) is 143 Å². The topological polar surface area (TPSA) is 288 Å². The molecule has 8 heterocycles. The van der Waals surface area contributed by atoms with Crippen LogP contribution in [0.5, 0.6) is 11.5 Å². The van der Waals surface area contributed by atoms with Crippen molar-refractivity contribution in [3.63, 3.8) is 0 Å². The highest BCUT2D eigenvalue weighted by Crippen LogP contribution is 2.37. The Balaban J connectivity index is 0.000000227. The molecule has 0 radical (unpaired) electrons. The van der Waals surface area contributed by atoms with E-state index in [2.05, 4.69) is 64.8 Å². The number of imidazole rings is 2. The number of amides is 4. The number of halogens is 14. The van der Waals surface area contributed by atoms with Crippen LogP contribution in [0.15, 0.2) is 97.8 Å². The maximum Gasteiger partial charge on any atom is 0.430 e. The molecule has 4 fully saturated rings. The summed E-state index contributed by atoms with van der Waals surface area (Å²) in [6, 6.07) is 15.0. The van der Waals surface area contributed by atoms with Gasteiger partial charge in [0, 0.05) is 161 Å². The number of carbonyl (C=O) groups excluding carboxylic acids is 6. The molecule has 4 saturated heterocycles. The summed E-state index contributed by atoms with van der Waals surface area (Å²) < 4.78 is 185. The first kappa shape index (κ1) is 88.9. The number of rotatable bonds is 22. The highest BCUT2D eigenvalue weighted by atomic mass is 19.4. The summed E-state index contributed by atoms with van der Waals surface area (Å²) in [5.41, 5.74) is 4.66. The number of anilines is 4. The van der Waals surface area contributed by atoms with Crippen LogP contribution in [0.4, 0.5) is 84.5 Å². The normalized spacial score (nSPS) is 18.5. The van der Waals surface area contributed by atoms with Gasteiger partial charge in [0.2, 0.25) is 23.4 Å². The number of likely N-dealkylation sites (tertiary alicyclic amines) is 2. The zero-order valence-electron chi connectivity index (χ0n) is 63.8. The molecule has 4 N–H and O–H groups in total. The Kier molecular flexibility index (Phi) is 29.6. The number of hydrogen-bond donors (Lipinski definition) is 4. The van der Waals surface area contributed by atoms with Gasteiger partial charge >= 0.3 is 25.6 Å². The van der Waals surface area contributed by atoms with Gasteiger partial charge in [0.05, 0.1) is 77.1 Å². The number of piperazine rings is 2. The number of aliphatic carboxylic acids is 2. The highest BCUT2D eigenvalue weighted by molar-refractivity contribution is 5.97. The molecule has 26 nitrogen and oxygen atoms in total. The summed E-state index contributed by atoms with van der Waals surface area (Å²) in [5.74, 6) is -12.6. The molecule has 0 saturated carbocycles. The number of ether oxygens (including phenoxy) is 2. The average molecular weight is 1650 g/mol. The summed E-state index contributed by atoms with van der Waals surface area (Å²) in [6.07, 6.45) is 2.95. The molecule has 628 valence electrons. The minimum Gasteiger partial charge on any atom is -0.542 e. The molecule has 4 aliphatic heterocycles.